The van der Waals surface area contributed by atoms with Crippen molar-refractivity contribution in [2.24, 2.45) is 5.92 Å². The van der Waals surface area contributed by atoms with Gasteiger partial charge in [0.1, 0.15) is 16.8 Å². The minimum Gasteiger partial charge on any atom is -0.496 e. The Morgan fingerprint density at radius 3 is 2.82 bits per heavy atom. The Hall–Kier alpha value is -2.87. The molecule has 1 aliphatic carbocycles. The molecule has 3 aromatic rings. The number of nitrogens with one attached hydrogen (secondary N) is 1. The zero-order chi connectivity index (χ0) is 23.2. The minimum atomic E-state index is 0.102. The van der Waals surface area contributed by atoms with Crippen LogP contribution in [0.25, 0.3) is 11.0 Å². The third-order valence-corrected chi connectivity index (χ3v) is 6.70. The fraction of sp³-hybridized carbons (Fsp3) is 0.560. The smallest absolute Gasteiger partial charge is 0.222 e. The van der Waals surface area contributed by atoms with E-state index < -0.39 is 0 Å². The molecule has 8 nitrogen and oxygen atoms in total. The van der Waals surface area contributed by atoms with Crippen molar-refractivity contribution in [3.8, 4) is 5.75 Å². The third kappa shape index (κ3) is 5.55. The van der Waals surface area contributed by atoms with Crippen LogP contribution >= 0.6 is 0 Å². The molecular formula is C25H36N6O2. The van der Waals surface area contributed by atoms with Crippen LogP contribution < -0.4 is 15.8 Å². The highest BCUT2D eigenvalue weighted by Gasteiger charge is 2.19. The maximum absolute atomic E-state index is 9.46. The van der Waals surface area contributed by atoms with Gasteiger partial charge in [0.2, 0.25) is 5.95 Å². The highest BCUT2D eigenvalue weighted by molar-refractivity contribution is 5.86. The number of aryl methyl sites for hydroxylation is 1. The second kappa shape index (κ2) is 10.8. The van der Waals surface area contributed by atoms with Gasteiger partial charge in [0.15, 0.2) is 5.82 Å². The Morgan fingerprint density at radius 2 is 2.12 bits per heavy atom. The molecule has 1 atom stereocenters. The van der Waals surface area contributed by atoms with E-state index in [1.165, 1.54) is 31.2 Å². The predicted octanol–water partition coefficient (Wildman–Crippen LogP) is 4.16. The Balaban J connectivity index is 1.59. The first-order valence-corrected chi connectivity index (χ1v) is 12.1. The van der Waals surface area contributed by atoms with Crippen molar-refractivity contribution < 1.29 is 9.84 Å². The number of nitrogens with two attached hydrogens (primary N) is 1. The predicted molar refractivity (Wildman–Crippen MR) is 132 cm³/mol. The van der Waals surface area contributed by atoms with Crippen LogP contribution in [0.15, 0.2) is 24.4 Å². The lowest BCUT2D eigenvalue weighted by molar-refractivity contribution is 0.276. The quantitative estimate of drug-likeness (QED) is 0.378. The molecule has 4 N–H and O–H groups in total. The lowest BCUT2D eigenvalue weighted by Gasteiger charge is -2.25. The van der Waals surface area contributed by atoms with Gasteiger partial charge in [0.05, 0.1) is 19.9 Å². The summed E-state index contributed by atoms with van der Waals surface area (Å²) in [7, 11) is 1.72. The fourth-order valence-corrected chi connectivity index (χ4v) is 4.61. The second-order valence-electron chi connectivity index (χ2n) is 9.09. The molecule has 0 amide bonds. The molecule has 2 aromatic heterocycles. The van der Waals surface area contributed by atoms with E-state index in [-0.39, 0.29) is 18.6 Å². The lowest BCUT2D eigenvalue weighted by Crippen LogP contribution is -2.22. The van der Waals surface area contributed by atoms with Gasteiger partial charge < -0.3 is 20.9 Å². The monoisotopic (exact) mass is 452 g/mol. The molecule has 178 valence electrons. The van der Waals surface area contributed by atoms with Crippen LogP contribution in [-0.2, 0) is 13.0 Å². The van der Waals surface area contributed by atoms with Crippen LogP contribution in [-0.4, -0.2) is 44.6 Å². The maximum Gasteiger partial charge on any atom is 0.222 e. The average Bonchev–Trinajstić information content (AvgIpc) is 3.16. The summed E-state index contributed by atoms with van der Waals surface area (Å²) in [4.78, 5) is 8.84. The number of methoxy groups -OCH3 is 1. The van der Waals surface area contributed by atoms with Gasteiger partial charge in [0, 0.05) is 18.2 Å². The summed E-state index contributed by atoms with van der Waals surface area (Å²) in [6, 6.07) is 6.60. The summed E-state index contributed by atoms with van der Waals surface area (Å²) in [5.41, 5.74) is 9.84. The third-order valence-electron chi connectivity index (χ3n) is 6.70. The summed E-state index contributed by atoms with van der Waals surface area (Å²) < 4.78 is 7.63. The van der Waals surface area contributed by atoms with Gasteiger partial charge in [-0.1, -0.05) is 44.7 Å². The van der Waals surface area contributed by atoms with Gasteiger partial charge in [-0.05, 0) is 43.2 Å². The molecular weight excluding hydrogens is 416 g/mol. The van der Waals surface area contributed by atoms with E-state index in [2.05, 4.69) is 45.5 Å². The van der Waals surface area contributed by atoms with Crippen LogP contribution in [0.2, 0.25) is 0 Å². The van der Waals surface area contributed by atoms with Gasteiger partial charge >= 0.3 is 0 Å². The van der Waals surface area contributed by atoms with Crippen molar-refractivity contribution in [2.45, 2.75) is 70.9 Å². The number of nitrogen functional groups attached to an aromatic ring is 1. The number of anilines is 2. The molecule has 0 radical (unpaired) electrons. The fourth-order valence-electron chi connectivity index (χ4n) is 4.61. The number of hydrogen-bond acceptors (Lipinski definition) is 7. The molecule has 33 heavy (non-hydrogen) atoms. The zero-order valence-corrected chi connectivity index (χ0v) is 19.8. The number of aliphatic hydroxyl groups excluding tert-OH is 1. The molecule has 1 aromatic carbocycles. The number of nitrogens with zero attached hydrogens (tertiary/aromatic N) is 4. The van der Waals surface area contributed by atoms with Gasteiger partial charge in [0.25, 0.3) is 0 Å². The standard InChI is InChI=1S/C25H36N6O2/c1-3-5-20(12-13-32)28-24-23-21(29-25(26)30-24)15-27-31(23)16-19-11-10-18(14-22(19)33-2)9-8-17-6-4-7-17/h10-11,14-15,17,20,32H,3-9,12-13,16H2,1-2H3,(H3,26,28,29,30)/t20-/m1/s1. The minimum absolute atomic E-state index is 0.102. The number of fused-ring (bicyclic) bond motifs is 1. The first-order valence-electron chi connectivity index (χ1n) is 12.1. The van der Waals surface area contributed by atoms with Crippen molar-refractivity contribution in [3.05, 3.63) is 35.5 Å². The molecule has 4 rings (SSSR count). The van der Waals surface area contributed by atoms with Crippen molar-refractivity contribution in [2.75, 3.05) is 24.8 Å². The number of aliphatic hydroxyl groups is 1. The van der Waals surface area contributed by atoms with Crippen LogP contribution in [0.3, 0.4) is 0 Å². The van der Waals surface area contributed by atoms with Crippen molar-refractivity contribution in [3.63, 3.8) is 0 Å². The van der Waals surface area contributed by atoms with E-state index in [0.29, 0.717) is 24.3 Å². The molecule has 0 unspecified atom stereocenters. The van der Waals surface area contributed by atoms with Crippen LogP contribution in [0.1, 0.15) is 63.0 Å². The molecule has 8 heteroatoms. The zero-order valence-electron chi connectivity index (χ0n) is 19.8. The van der Waals surface area contributed by atoms with Gasteiger partial charge in [-0.2, -0.15) is 10.1 Å². The maximum atomic E-state index is 9.46. The number of aromatic nitrogens is 4. The first kappa shape index (κ1) is 23.3. The average molecular weight is 453 g/mol. The Labute approximate surface area is 195 Å². The Bertz CT molecular complexity index is 1060. The van der Waals surface area contributed by atoms with E-state index in [9.17, 15) is 5.11 Å². The molecule has 0 saturated heterocycles. The van der Waals surface area contributed by atoms with Crippen LogP contribution in [0.4, 0.5) is 11.8 Å². The number of hydrogen-bond donors (Lipinski definition) is 3. The lowest BCUT2D eigenvalue weighted by atomic mass is 9.81. The van der Waals surface area contributed by atoms with Crippen LogP contribution in [0, 0.1) is 5.92 Å². The Kier molecular flexibility index (Phi) is 7.65. The molecule has 0 aliphatic heterocycles. The summed E-state index contributed by atoms with van der Waals surface area (Å²) in [5.74, 6) is 2.63. The topological polar surface area (TPSA) is 111 Å². The molecule has 2 heterocycles. The molecule has 1 fully saturated rings. The normalized spacial score (nSPS) is 14.9. The molecule has 1 saturated carbocycles. The van der Waals surface area contributed by atoms with E-state index in [1.54, 1.807) is 13.3 Å². The van der Waals surface area contributed by atoms with E-state index in [4.69, 9.17) is 10.5 Å². The van der Waals surface area contributed by atoms with Crippen molar-refractivity contribution in [1.29, 1.82) is 0 Å². The molecule has 1 aliphatic rings. The molecule has 0 bridgehead atoms. The largest absolute Gasteiger partial charge is 0.496 e. The SMILES string of the molecule is CCC[C@H](CCO)Nc1nc(N)nc2cnn(Cc3ccc(CCC4CCC4)cc3OC)c12. The highest BCUT2D eigenvalue weighted by Crippen LogP contribution is 2.32. The summed E-state index contributed by atoms with van der Waals surface area (Å²) in [6.07, 6.45) is 10.8. The van der Waals surface area contributed by atoms with E-state index in [1.807, 2.05) is 4.68 Å². The van der Waals surface area contributed by atoms with Gasteiger partial charge in [-0.15, -0.1) is 0 Å². The van der Waals surface area contributed by atoms with Crippen LogP contribution in [0.5, 0.6) is 5.75 Å². The van der Waals surface area contributed by atoms with Gasteiger partial charge in [-0.25, -0.2) is 4.98 Å². The Morgan fingerprint density at radius 1 is 1.27 bits per heavy atom. The van der Waals surface area contributed by atoms with Gasteiger partial charge in [-0.3, -0.25) is 4.68 Å². The highest BCUT2D eigenvalue weighted by atomic mass is 16.5. The summed E-state index contributed by atoms with van der Waals surface area (Å²) >= 11 is 0. The number of benzene rings is 1. The number of rotatable bonds is 12. The first-order chi connectivity index (χ1) is 16.1. The summed E-state index contributed by atoms with van der Waals surface area (Å²) in [6.45, 7) is 2.78. The van der Waals surface area contributed by atoms with Crippen molar-refractivity contribution >= 4 is 22.8 Å². The second-order valence-corrected chi connectivity index (χ2v) is 9.09. The van der Waals surface area contributed by atoms with E-state index >= 15 is 0 Å². The van der Waals surface area contributed by atoms with E-state index in [0.717, 1.165) is 42.0 Å². The van der Waals surface area contributed by atoms with Crippen molar-refractivity contribution in [1.82, 2.24) is 19.7 Å². The molecule has 0 spiro atoms. The summed E-state index contributed by atoms with van der Waals surface area (Å²) in [5, 5.41) is 17.5. The number of ether oxygens (including phenoxy) is 1.